The topological polar surface area (TPSA) is 0 Å². The van der Waals surface area contributed by atoms with Gasteiger partial charge < -0.3 is 0 Å². The van der Waals surface area contributed by atoms with Crippen LogP contribution in [-0.2, 0) is 0 Å². The SMILES string of the molecule is CCCCC1(CCCC)CCC[SiH2]1. The van der Waals surface area contributed by atoms with E-state index in [1.165, 1.54) is 25.7 Å². The van der Waals surface area contributed by atoms with Crippen molar-refractivity contribution in [1.29, 1.82) is 0 Å². The van der Waals surface area contributed by atoms with Crippen LogP contribution in [0.5, 0.6) is 0 Å². The van der Waals surface area contributed by atoms with E-state index in [0.717, 1.165) is 5.04 Å². The van der Waals surface area contributed by atoms with Crippen LogP contribution in [0.1, 0.15) is 65.2 Å². The van der Waals surface area contributed by atoms with Gasteiger partial charge >= 0.3 is 0 Å². The monoisotopic (exact) mass is 198 g/mol. The Kier molecular flexibility index (Phi) is 5.08. The third-order valence-corrected chi connectivity index (χ3v) is 6.76. The summed E-state index contributed by atoms with van der Waals surface area (Å²) in [7, 11) is 0.310. The molecule has 0 atom stereocenters. The van der Waals surface area contributed by atoms with Crippen LogP contribution >= 0.6 is 0 Å². The van der Waals surface area contributed by atoms with Crippen molar-refractivity contribution in [2.24, 2.45) is 0 Å². The zero-order valence-electron chi connectivity index (χ0n) is 9.57. The molecule has 0 aromatic heterocycles. The van der Waals surface area contributed by atoms with E-state index in [2.05, 4.69) is 13.8 Å². The van der Waals surface area contributed by atoms with Gasteiger partial charge in [-0.15, -0.1) is 0 Å². The Bertz CT molecular complexity index is 115. The van der Waals surface area contributed by atoms with Crippen molar-refractivity contribution >= 4 is 9.52 Å². The average molecular weight is 198 g/mol. The van der Waals surface area contributed by atoms with E-state index in [1.807, 2.05) is 0 Å². The average Bonchev–Trinajstić information content (AvgIpc) is 2.61. The smallest absolute Gasteiger partial charge is 0.0270 e. The van der Waals surface area contributed by atoms with E-state index in [0.29, 0.717) is 9.52 Å². The molecule has 1 heteroatoms. The predicted molar refractivity (Wildman–Crippen MR) is 64.3 cm³/mol. The van der Waals surface area contributed by atoms with Crippen LogP contribution in [0, 0.1) is 0 Å². The van der Waals surface area contributed by atoms with Gasteiger partial charge in [-0.2, -0.15) is 0 Å². The Morgan fingerprint density at radius 1 is 1.08 bits per heavy atom. The molecule has 0 bridgehead atoms. The summed E-state index contributed by atoms with van der Waals surface area (Å²) < 4.78 is 0. The van der Waals surface area contributed by atoms with E-state index in [9.17, 15) is 0 Å². The molecule has 0 unspecified atom stereocenters. The van der Waals surface area contributed by atoms with Gasteiger partial charge in [-0.25, -0.2) is 0 Å². The maximum Gasteiger partial charge on any atom is 0.0270 e. The molecular formula is C12H26Si. The largest absolute Gasteiger partial charge is 0.0654 e. The van der Waals surface area contributed by atoms with Crippen LogP contribution in [-0.4, -0.2) is 9.52 Å². The first kappa shape index (κ1) is 11.3. The Morgan fingerprint density at radius 2 is 1.69 bits per heavy atom. The summed E-state index contributed by atoms with van der Waals surface area (Å²) in [5.74, 6) is 0. The summed E-state index contributed by atoms with van der Waals surface area (Å²) in [5.41, 5.74) is 0. The number of rotatable bonds is 6. The molecular weight excluding hydrogens is 172 g/mol. The van der Waals surface area contributed by atoms with Gasteiger partial charge in [0.05, 0.1) is 0 Å². The fraction of sp³-hybridized carbons (Fsp3) is 1.00. The lowest BCUT2D eigenvalue weighted by Gasteiger charge is -2.28. The first-order valence-electron chi connectivity index (χ1n) is 6.33. The van der Waals surface area contributed by atoms with Crippen LogP contribution in [0.2, 0.25) is 11.1 Å². The van der Waals surface area contributed by atoms with E-state index < -0.39 is 0 Å². The molecule has 0 aliphatic carbocycles. The maximum atomic E-state index is 2.34. The van der Waals surface area contributed by atoms with E-state index in [-0.39, 0.29) is 0 Å². The van der Waals surface area contributed by atoms with Gasteiger partial charge in [-0.1, -0.05) is 71.3 Å². The molecule has 1 heterocycles. The van der Waals surface area contributed by atoms with Gasteiger partial charge in [0.1, 0.15) is 0 Å². The quantitative estimate of drug-likeness (QED) is 0.568. The summed E-state index contributed by atoms with van der Waals surface area (Å²) in [6.45, 7) is 4.67. The fourth-order valence-electron chi connectivity index (χ4n) is 2.85. The van der Waals surface area contributed by atoms with Crippen LogP contribution < -0.4 is 0 Å². The van der Waals surface area contributed by atoms with Crippen LogP contribution in [0.3, 0.4) is 0 Å². The van der Waals surface area contributed by atoms with Crippen LogP contribution in [0.4, 0.5) is 0 Å². The standard InChI is InChI=1S/C12H26Si/c1-3-5-8-12(9-6-4-2)10-7-11-13-12/h3-11,13H2,1-2H3. The Hall–Kier alpha value is 0.217. The second-order valence-electron chi connectivity index (χ2n) is 4.91. The third-order valence-electron chi connectivity index (χ3n) is 3.79. The zero-order chi connectivity index (χ0) is 9.57. The minimum atomic E-state index is 0.310. The molecule has 0 N–H and O–H groups in total. The summed E-state index contributed by atoms with van der Waals surface area (Å²) in [4.78, 5) is 0. The lowest BCUT2D eigenvalue weighted by atomic mass is 9.91. The molecule has 0 radical (unpaired) electrons. The molecule has 1 rings (SSSR count). The summed E-state index contributed by atoms with van der Waals surface area (Å²) >= 11 is 0. The maximum absolute atomic E-state index is 2.34. The highest BCUT2D eigenvalue weighted by Crippen LogP contribution is 2.47. The van der Waals surface area contributed by atoms with Gasteiger partial charge in [0, 0.05) is 9.52 Å². The highest BCUT2D eigenvalue weighted by molar-refractivity contribution is 6.41. The van der Waals surface area contributed by atoms with Crippen LogP contribution in [0.15, 0.2) is 0 Å². The molecule has 0 nitrogen and oxygen atoms in total. The molecule has 1 fully saturated rings. The fourth-order valence-corrected chi connectivity index (χ4v) is 5.60. The van der Waals surface area contributed by atoms with Crippen molar-refractivity contribution in [1.82, 2.24) is 0 Å². The normalized spacial score (nSPS) is 22.6. The Labute approximate surface area is 86.3 Å². The lowest BCUT2D eigenvalue weighted by Crippen LogP contribution is -2.14. The van der Waals surface area contributed by atoms with E-state index >= 15 is 0 Å². The lowest BCUT2D eigenvalue weighted by molar-refractivity contribution is 0.428. The molecule has 0 aromatic rings. The van der Waals surface area contributed by atoms with Gasteiger partial charge in [-0.3, -0.25) is 0 Å². The van der Waals surface area contributed by atoms with Gasteiger partial charge in [0.15, 0.2) is 0 Å². The molecule has 1 aliphatic rings. The minimum absolute atomic E-state index is 0.310. The van der Waals surface area contributed by atoms with Crippen molar-refractivity contribution in [3.63, 3.8) is 0 Å². The molecule has 1 saturated heterocycles. The first-order chi connectivity index (χ1) is 6.33. The number of unbranched alkanes of at least 4 members (excludes halogenated alkanes) is 2. The minimum Gasteiger partial charge on any atom is -0.0654 e. The molecule has 13 heavy (non-hydrogen) atoms. The second-order valence-corrected chi connectivity index (χ2v) is 7.62. The third kappa shape index (κ3) is 3.45. The van der Waals surface area contributed by atoms with E-state index in [4.69, 9.17) is 0 Å². The van der Waals surface area contributed by atoms with Crippen molar-refractivity contribution in [2.45, 2.75) is 76.3 Å². The van der Waals surface area contributed by atoms with Crippen molar-refractivity contribution in [3.05, 3.63) is 0 Å². The Balaban J connectivity index is 2.33. The first-order valence-corrected chi connectivity index (χ1v) is 8.04. The second kappa shape index (κ2) is 5.84. The molecule has 0 aromatic carbocycles. The number of hydrogen-bond acceptors (Lipinski definition) is 0. The molecule has 78 valence electrons. The molecule has 0 saturated carbocycles. The zero-order valence-corrected chi connectivity index (χ0v) is 11.0. The summed E-state index contributed by atoms with van der Waals surface area (Å²) in [6.07, 6.45) is 12.1. The van der Waals surface area contributed by atoms with Crippen molar-refractivity contribution in [3.8, 4) is 0 Å². The van der Waals surface area contributed by atoms with E-state index in [1.54, 1.807) is 31.7 Å². The highest BCUT2D eigenvalue weighted by atomic mass is 28.2. The van der Waals surface area contributed by atoms with Crippen LogP contribution in [0.25, 0.3) is 0 Å². The van der Waals surface area contributed by atoms with Crippen molar-refractivity contribution < 1.29 is 0 Å². The van der Waals surface area contributed by atoms with Gasteiger partial charge in [0.2, 0.25) is 0 Å². The molecule has 0 spiro atoms. The summed E-state index contributed by atoms with van der Waals surface area (Å²) in [5, 5.41) is 0.937. The number of hydrogen-bond donors (Lipinski definition) is 0. The van der Waals surface area contributed by atoms with Gasteiger partial charge in [0.25, 0.3) is 0 Å². The van der Waals surface area contributed by atoms with Crippen molar-refractivity contribution in [2.75, 3.05) is 0 Å². The molecule has 1 aliphatic heterocycles. The Morgan fingerprint density at radius 3 is 2.08 bits per heavy atom. The predicted octanol–water partition coefficient (Wildman–Crippen LogP) is 3.91. The van der Waals surface area contributed by atoms with Gasteiger partial charge in [-0.05, 0) is 5.04 Å². The summed E-state index contributed by atoms with van der Waals surface area (Å²) in [6, 6.07) is 1.65. The molecule has 0 amide bonds. The highest BCUT2D eigenvalue weighted by Gasteiger charge is 2.32.